The number of anilines is 1. The lowest BCUT2D eigenvalue weighted by Crippen LogP contribution is -2.14. The number of halogens is 1. The summed E-state index contributed by atoms with van der Waals surface area (Å²) >= 11 is 5.87. The third kappa shape index (κ3) is 4.93. The van der Waals surface area contributed by atoms with Gasteiger partial charge in [0.05, 0.1) is 12.8 Å². The van der Waals surface area contributed by atoms with Gasteiger partial charge < -0.3 is 10.4 Å². The van der Waals surface area contributed by atoms with Gasteiger partial charge in [0.25, 0.3) is 0 Å². The zero-order valence-electron chi connectivity index (χ0n) is 11.2. The van der Waals surface area contributed by atoms with E-state index in [4.69, 9.17) is 16.7 Å². The van der Waals surface area contributed by atoms with Gasteiger partial charge in [0.15, 0.2) is 0 Å². The van der Waals surface area contributed by atoms with Crippen LogP contribution in [-0.2, 0) is 22.4 Å². The van der Waals surface area contributed by atoms with Crippen LogP contribution in [0.25, 0.3) is 0 Å². The molecule has 0 fully saturated rings. The van der Waals surface area contributed by atoms with Gasteiger partial charge in [-0.1, -0.05) is 35.9 Å². The Morgan fingerprint density at radius 1 is 1.00 bits per heavy atom. The smallest absolute Gasteiger partial charge is 0.307 e. The van der Waals surface area contributed by atoms with E-state index in [-0.39, 0.29) is 18.7 Å². The van der Waals surface area contributed by atoms with E-state index < -0.39 is 5.97 Å². The number of hydrogen-bond donors (Lipinski definition) is 2. The van der Waals surface area contributed by atoms with Gasteiger partial charge in [-0.25, -0.2) is 0 Å². The van der Waals surface area contributed by atoms with Gasteiger partial charge in [0.1, 0.15) is 0 Å². The van der Waals surface area contributed by atoms with Crippen LogP contribution in [0, 0.1) is 0 Å². The lowest BCUT2D eigenvalue weighted by Gasteiger charge is -2.07. The standard InChI is InChI=1S/C16H14ClNO3/c17-13-5-1-3-11(7-13)9-15(19)18-14-6-2-4-12(8-14)10-16(20)21/h1-8H,9-10H2,(H,18,19)(H,20,21). The van der Waals surface area contributed by atoms with E-state index in [0.29, 0.717) is 16.3 Å². The molecule has 2 aromatic rings. The number of hydrogen-bond acceptors (Lipinski definition) is 2. The lowest BCUT2D eigenvalue weighted by atomic mass is 10.1. The second kappa shape index (κ2) is 6.90. The van der Waals surface area contributed by atoms with Gasteiger partial charge in [-0.3, -0.25) is 9.59 Å². The molecule has 1 amide bonds. The molecule has 4 nitrogen and oxygen atoms in total. The minimum atomic E-state index is -0.905. The fourth-order valence-electron chi connectivity index (χ4n) is 1.97. The third-order valence-corrected chi connectivity index (χ3v) is 3.05. The first kappa shape index (κ1) is 15.1. The summed E-state index contributed by atoms with van der Waals surface area (Å²) in [5.41, 5.74) is 2.05. The SMILES string of the molecule is O=C(O)Cc1cccc(NC(=O)Cc2cccc(Cl)c2)c1. The highest BCUT2D eigenvalue weighted by atomic mass is 35.5. The number of benzene rings is 2. The number of aliphatic carboxylic acids is 1. The van der Waals surface area contributed by atoms with Crippen LogP contribution in [0.1, 0.15) is 11.1 Å². The van der Waals surface area contributed by atoms with Crippen molar-refractivity contribution >= 4 is 29.2 Å². The molecule has 0 bridgehead atoms. The minimum absolute atomic E-state index is 0.0714. The monoisotopic (exact) mass is 303 g/mol. The first-order chi connectivity index (χ1) is 10.0. The molecule has 2 aromatic carbocycles. The molecule has 21 heavy (non-hydrogen) atoms. The van der Waals surface area contributed by atoms with Crippen LogP contribution in [0.15, 0.2) is 48.5 Å². The molecule has 2 rings (SSSR count). The average Bonchev–Trinajstić information content (AvgIpc) is 2.37. The molecular formula is C16H14ClNO3. The number of amides is 1. The Balaban J connectivity index is 2.01. The number of carbonyl (C=O) groups is 2. The van der Waals surface area contributed by atoms with Crippen molar-refractivity contribution < 1.29 is 14.7 Å². The summed E-state index contributed by atoms with van der Waals surface area (Å²) < 4.78 is 0. The summed E-state index contributed by atoms with van der Waals surface area (Å²) in [6.45, 7) is 0. The molecule has 0 heterocycles. The van der Waals surface area contributed by atoms with Crippen molar-refractivity contribution in [2.24, 2.45) is 0 Å². The van der Waals surface area contributed by atoms with Gasteiger partial charge in [0, 0.05) is 10.7 Å². The molecular weight excluding hydrogens is 290 g/mol. The Morgan fingerprint density at radius 2 is 1.67 bits per heavy atom. The van der Waals surface area contributed by atoms with Crippen molar-refractivity contribution in [3.05, 3.63) is 64.7 Å². The summed E-state index contributed by atoms with van der Waals surface area (Å²) in [6, 6.07) is 13.9. The van der Waals surface area contributed by atoms with E-state index in [1.807, 2.05) is 6.07 Å². The molecule has 0 aliphatic rings. The molecule has 0 unspecified atom stereocenters. The predicted molar refractivity (Wildman–Crippen MR) is 81.6 cm³/mol. The summed E-state index contributed by atoms with van der Waals surface area (Å²) in [5, 5.41) is 12.1. The molecule has 0 aromatic heterocycles. The Kier molecular flexibility index (Phi) is 4.95. The van der Waals surface area contributed by atoms with Gasteiger partial charge >= 0.3 is 5.97 Å². The van der Waals surface area contributed by atoms with E-state index in [1.165, 1.54) is 0 Å². The van der Waals surface area contributed by atoms with Crippen molar-refractivity contribution in [1.29, 1.82) is 0 Å². The van der Waals surface area contributed by atoms with Gasteiger partial charge in [-0.2, -0.15) is 0 Å². The second-order valence-electron chi connectivity index (χ2n) is 4.63. The van der Waals surface area contributed by atoms with Crippen LogP contribution in [0.2, 0.25) is 5.02 Å². The van der Waals surface area contributed by atoms with Crippen LogP contribution in [0.5, 0.6) is 0 Å². The maximum atomic E-state index is 12.0. The van der Waals surface area contributed by atoms with E-state index >= 15 is 0 Å². The first-order valence-electron chi connectivity index (χ1n) is 6.38. The predicted octanol–water partition coefficient (Wildman–Crippen LogP) is 3.15. The van der Waals surface area contributed by atoms with E-state index in [1.54, 1.807) is 42.5 Å². The zero-order chi connectivity index (χ0) is 15.2. The van der Waals surface area contributed by atoms with Crippen LogP contribution < -0.4 is 5.32 Å². The molecule has 0 radical (unpaired) electrons. The highest BCUT2D eigenvalue weighted by Crippen LogP contribution is 2.14. The average molecular weight is 304 g/mol. The van der Waals surface area contributed by atoms with Gasteiger partial charge in [-0.05, 0) is 35.4 Å². The Hall–Kier alpha value is -2.33. The van der Waals surface area contributed by atoms with Crippen molar-refractivity contribution in [2.45, 2.75) is 12.8 Å². The maximum Gasteiger partial charge on any atom is 0.307 e. The van der Waals surface area contributed by atoms with Crippen LogP contribution >= 0.6 is 11.6 Å². The summed E-state index contributed by atoms with van der Waals surface area (Å²) in [4.78, 5) is 22.6. The van der Waals surface area contributed by atoms with Crippen LogP contribution in [-0.4, -0.2) is 17.0 Å². The zero-order valence-corrected chi connectivity index (χ0v) is 11.9. The molecule has 2 N–H and O–H groups in total. The number of carboxylic acid groups (broad SMARTS) is 1. The summed E-state index contributed by atoms with van der Waals surface area (Å²) in [5.74, 6) is -1.08. The van der Waals surface area contributed by atoms with E-state index in [2.05, 4.69) is 5.32 Å². The quantitative estimate of drug-likeness (QED) is 0.891. The maximum absolute atomic E-state index is 12.0. The third-order valence-electron chi connectivity index (χ3n) is 2.82. The normalized spacial score (nSPS) is 10.1. The molecule has 0 spiro atoms. The number of carboxylic acids is 1. The Morgan fingerprint density at radius 3 is 2.33 bits per heavy atom. The highest BCUT2D eigenvalue weighted by molar-refractivity contribution is 6.30. The molecule has 5 heteroatoms. The topological polar surface area (TPSA) is 66.4 Å². The van der Waals surface area contributed by atoms with Crippen molar-refractivity contribution in [3.8, 4) is 0 Å². The van der Waals surface area contributed by atoms with Crippen molar-refractivity contribution in [2.75, 3.05) is 5.32 Å². The van der Waals surface area contributed by atoms with Crippen LogP contribution in [0.4, 0.5) is 5.69 Å². The highest BCUT2D eigenvalue weighted by Gasteiger charge is 2.06. The largest absolute Gasteiger partial charge is 0.481 e. The van der Waals surface area contributed by atoms with Gasteiger partial charge in [-0.15, -0.1) is 0 Å². The molecule has 0 saturated carbocycles. The first-order valence-corrected chi connectivity index (χ1v) is 6.76. The van der Waals surface area contributed by atoms with E-state index in [0.717, 1.165) is 5.56 Å². The fourth-order valence-corrected chi connectivity index (χ4v) is 2.18. The molecule has 0 atom stereocenters. The molecule has 108 valence electrons. The lowest BCUT2D eigenvalue weighted by molar-refractivity contribution is -0.136. The minimum Gasteiger partial charge on any atom is -0.481 e. The number of carbonyl (C=O) groups excluding carboxylic acids is 1. The van der Waals surface area contributed by atoms with Gasteiger partial charge in [0.2, 0.25) is 5.91 Å². The number of nitrogens with one attached hydrogen (secondary N) is 1. The van der Waals surface area contributed by atoms with Crippen LogP contribution in [0.3, 0.4) is 0 Å². The summed E-state index contributed by atoms with van der Waals surface area (Å²) in [6.07, 6.45) is 0.141. The molecule has 0 aliphatic heterocycles. The Labute approximate surface area is 127 Å². The fraction of sp³-hybridized carbons (Fsp3) is 0.125. The molecule has 0 saturated heterocycles. The Bertz CT molecular complexity index is 670. The van der Waals surface area contributed by atoms with Crippen molar-refractivity contribution in [3.63, 3.8) is 0 Å². The second-order valence-corrected chi connectivity index (χ2v) is 5.06. The molecule has 0 aliphatic carbocycles. The van der Waals surface area contributed by atoms with Crippen molar-refractivity contribution in [1.82, 2.24) is 0 Å². The number of rotatable bonds is 5. The summed E-state index contributed by atoms with van der Waals surface area (Å²) in [7, 11) is 0. The van der Waals surface area contributed by atoms with E-state index in [9.17, 15) is 9.59 Å².